The van der Waals surface area contributed by atoms with Crippen LogP contribution in [0.3, 0.4) is 0 Å². The Hall–Kier alpha value is -1.71. The van der Waals surface area contributed by atoms with Crippen molar-refractivity contribution in [3.05, 3.63) is 17.7 Å². The molecule has 4 nitrogen and oxygen atoms in total. The predicted octanol–water partition coefficient (Wildman–Crippen LogP) is 2.94. The van der Waals surface area contributed by atoms with Gasteiger partial charge >= 0.3 is 0 Å². The predicted molar refractivity (Wildman–Crippen MR) is 69.9 cm³/mol. The highest BCUT2D eigenvalue weighted by Crippen LogP contribution is 2.35. The third-order valence-corrected chi connectivity index (χ3v) is 3.03. The molecule has 100 valence electrons. The lowest BCUT2D eigenvalue weighted by Crippen LogP contribution is -2.12. The van der Waals surface area contributed by atoms with Crippen LogP contribution in [0.15, 0.2) is 12.1 Å². The summed E-state index contributed by atoms with van der Waals surface area (Å²) < 4.78 is 15.6. The average Bonchev–Trinajstić information content (AvgIpc) is 2.43. The summed E-state index contributed by atoms with van der Waals surface area (Å²) in [5.41, 5.74) is 0.532. The van der Waals surface area contributed by atoms with Crippen LogP contribution in [-0.4, -0.2) is 27.1 Å². The highest BCUT2D eigenvalue weighted by Gasteiger charge is 2.21. The van der Waals surface area contributed by atoms with Gasteiger partial charge in [0.25, 0.3) is 0 Å². The Labute approximate surface area is 108 Å². The maximum absolute atomic E-state index is 12.2. The van der Waals surface area contributed by atoms with Crippen molar-refractivity contribution in [1.29, 1.82) is 0 Å². The molecule has 0 bridgehead atoms. The molecule has 0 saturated carbocycles. The highest BCUT2D eigenvalue weighted by molar-refractivity contribution is 6.00. The Morgan fingerprint density at radius 3 is 2.00 bits per heavy atom. The lowest BCUT2D eigenvalue weighted by Gasteiger charge is -2.15. The van der Waals surface area contributed by atoms with E-state index in [-0.39, 0.29) is 11.7 Å². The lowest BCUT2D eigenvalue weighted by atomic mass is 9.96. The Bertz CT molecular complexity index is 426. The first kappa shape index (κ1) is 14.4. The second kappa shape index (κ2) is 6.28. The number of rotatable bonds is 6. The van der Waals surface area contributed by atoms with Crippen molar-refractivity contribution in [3.63, 3.8) is 0 Å². The van der Waals surface area contributed by atoms with Crippen molar-refractivity contribution in [2.75, 3.05) is 21.3 Å². The number of ether oxygens (including phenoxy) is 3. The Morgan fingerprint density at radius 1 is 1.06 bits per heavy atom. The molecule has 1 aromatic carbocycles. The fourth-order valence-electron chi connectivity index (χ4n) is 1.67. The fourth-order valence-corrected chi connectivity index (χ4v) is 1.67. The van der Waals surface area contributed by atoms with Crippen LogP contribution in [0.25, 0.3) is 0 Å². The molecule has 0 aliphatic rings. The van der Waals surface area contributed by atoms with Crippen molar-refractivity contribution in [3.8, 4) is 17.2 Å². The van der Waals surface area contributed by atoms with E-state index in [9.17, 15) is 4.79 Å². The van der Waals surface area contributed by atoms with Crippen LogP contribution in [0, 0.1) is 5.92 Å². The molecule has 0 aliphatic heterocycles. The van der Waals surface area contributed by atoms with Gasteiger partial charge in [-0.2, -0.15) is 0 Å². The molecule has 1 atom stereocenters. The summed E-state index contributed by atoms with van der Waals surface area (Å²) in [6.45, 7) is 3.88. The maximum Gasteiger partial charge on any atom is 0.169 e. The number of methoxy groups -OCH3 is 3. The Kier molecular flexibility index (Phi) is 5.01. The summed E-state index contributed by atoms with van der Waals surface area (Å²) >= 11 is 0. The summed E-state index contributed by atoms with van der Waals surface area (Å²) in [4.78, 5) is 12.2. The zero-order valence-electron chi connectivity index (χ0n) is 11.6. The van der Waals surface area contributed by atoms with Crippen molar-refractivity contribution in [2.45, 2.75) is 20.3 Å². The van der Waals surface area contributed by atoms with Gasteiger partial charge in [0, 0.05) is 12.0 Å². The van der Waals surface area contributed by atoms with Crippen molar-refractivity contribution < 1.29 is 19.0 Å². The molecule has 4 heteroatoms. The number of Topliss-reactive ketones (excluding diaryl/α,β-unsaturated/α-hetero) is 1. The third kappa shape index (κ3) is 2.75. The Balaban J connectivity index is 3.29. The number of carbonyl (C=O) groups excluding carboxylic acids is 1. The molecule has 0 fully saturated rings. The van der Waals surface area contributed by atoms with Gasteiger partial charge in [0.05, 0.1) is 26.9 Å². The summed E-state index contributed by atoms with van der Waals surface area (Å²) in [6.07, 6.45) is 0.788. The topological polar surface area (TPSA) is 44.8 Å². The Morgan fingerprint density at radius 2 is 1.56 bits per heavy atom. The van der Waals surface area contributed by atoms with Crippen molar-refractivity contribution >= 4 is 5.78 Å². The summed E-state index contributed by atoms with van der Waals surface area (Å²) in [5.74, 6) is 1.60. The molecule has 0 amide bonds. The molecule has 0 aliphatic carbocycles. The van der Waals surface area contributed by atoms with E-state index in [0.29, 0.717) is 22.8 Å². The molecular weight excluding hydrogens is 232 g/mol. The largest absolute Gasteiger partial charge is 0.496 e. The van der Waals surface area contributed by atoms with Gasteiger partial charge in [0.15, 0.2) is 17.3 Å². The number of hydrogen-bond donors (Lipinski definition) is 0. The molecule has 0 aromatic heterocycles. The molecule has 0 radical (unpaired) electrons. The summed E-state index contributed by atoms with van der Waals surface area (Å²) in [6, 6.07) is 3.35. The van der Waals surface area contributed by atoms with Crippen LogP contribution in [0.4, 0.5) is 0 Å². The quantitative estimate of drug-likeness (QED) is 0.730. The number of hydrogen-bond acceptors (Lipinski definition) is 4. The minimum absolute atomic E-state index is 0.0444. The second-order valence-corrected chi connectivity index (χ2v) is 4.08. The molecule has 0 saturated heterocycles. The van der Waals surface area contributed by atoms with E-state index in [1.54, 1.807) is 26.4 Å². The van der Waals surface area contributed by atoms with Crippen LogP contribution in [0.2, 0.25) is 0 Å². The van der Waals surface area contributed by atoms with Crippen LogP contribution >= 0.6 is 0 Å². The van der Waals surface area contributed by atoms with E-state index in [1.807, 2.05) is 13.8 Å². The number of ketones is 1. The van der Waals surface area contributed by atoms with Crippen LogP contribution in [0.5, 0.6) is 17.2 Å². The number of benzene rings is 1. The van der Waals surface area contributed by atoms with E-state index >= 15 is 0 Å². The van der Waals surface area contributed by atoms with Crippen molar-refractivity contribution in [2.24, 2.45) is 5.92 Å². The van der Waals surface area contributed by atoms with Gasteiger partial charge < -0.3 is 14.2 Å². The maximum atomic E-state index is 12.2. The first-order valence-electron chi connectivity index (χ1n) is 5.93. The lowest BCUT2D eigenvalue weighted by molar-refractivity contribution is 0.0923. The molecule has 1 aromatic rings. The molecule has 18 heavy (non-hydrogen) atoms. The second-order valence-electron chi connectivity index (χ2n) is 4.08. The van der Waals surface area contributed by atoms with E-state index < -0.39 is 0 Å². The molecule has 0 heterocycles. The molecule has 1 unspecified atom stereocenters. The molecule has 1 rings (SSSR count). The van der Waals surface area contributed by atoms with E-state index in [4.69, 9.17) is 14.2 Å². The number of carbonyl (C=O) groups is 1. The third-order valence-electron chi connectivity index (χ3n) is 3.03. The molecule has 0 spiro atoms. The summed E-state index contributed by atoms with van der Waals surface area (Å²) in [5, 5.41) is 0. The first-order valence-corrected chi connectivity index (χ1v) is 5.93. The van der Waals surface area contributed by atoms with Gasteiger partial charge in [-0.3, -0.25) is 4.79 Å². The van der Waals surface area contributed by atoms with Gasteiger partial charge in [-0.15, -0.1) is 0 Å². The zero-order valence-corrected chi connectivity index (χ0v) is 11.6. The van der Waals surface area contributed by atoms with Gasteiger partial charge in [0.2, 0.25) is 0 Å². The van der Waals surface area contributed by atoms with Gasteiger partial charge in [-0.25, -0.2) is 0 Å². The molecular formula is C14H20O4. The van der Waals surface area contributed by atoms with Gasteiger partial charge in [-0.05, 0) is 12.5 Å². The fraction of sp³-hybridized carbons (Fsp3) is 0.500. The standard InChI is InChI=1S/C14H20O4/c1-6-9(2)14(15)10-7-12(17-4)13(18-5)8-11(10)16-3/h7-9H,6H2,1-5H3. The minimum atomic E-state index is -0.0444. The highest BCUT2D eigenvalue weighted by atomic mass is 16.5. The van der Waals surface area contributed by atoms with Crippen LogP contribution in [0.1, 0.15) is 30.6 Å². The van der Waals surface area contributed by atoms with Crippen molar-refractivity contribution in [1.82, 2.24) is 0 Å². The van der Waals surface area contributed by atoms with E-state index in [0.717, 1.165) is 6.42 Å². The normalized spacial score (nSPS) is 11.8. The van der Waals surface area contributed by atoms with Crippen LogP contribution < -0.4 is 14.2 Å². The van der Waals surface area contributed by atoms with E-state index in [2.05, 4.69) is 0 Å². The average molecular weight is 252 g/mol. The van der Waals surface area contributed by atoms with Gasteiger partial charge in [-0.1, -0.05) is 13.8 Å². The first-order chi connectivity index (χ1) is 8.58. The zero-order chi connectivity index (χ0) is 13.7. The van der Waals surface area contributed by atoms with Crippen LogP contribution in [-0.2, 0) is 0 Å². The molecule has 0 N–H and O–H groups in total. The summed E-state index contributed by atoms with van der Waals surface area (Å²) in [7, 11) is 4.63. The minimum Gasteiger partial charge on any atom is -0.496 e. The van der Waals surface area contributed by atoms with Gasteiger partial charge in [0.1, 0.15) is 5.75 Å². The SMILES string of the molecule is CCC(C)C(=O)c1cc(OC)c(OC)cc1OC. The monoisotopic (exact) mass is 252 g/mol. The smallest absolute Gasteiger partial charge is 0.169 e. The van der Waals surface area contributed by atoms with E-state index in [1.165, 1.54) is 7.11 Å².